The molecule has 1 atom stereocenters. The van der Waals surface area contributed by atoms with E-state index in [1.807, 2.05) is 24.3 Å². The molecule has 1 N–H and O–H groups in total. The quantitative estimate of drug-likeness (QED) is 0.389. The van der Waals surface area contributed by atoms with E-state index in [1.165, 1.54) is 23.5 Å². The van der Waals surface area contributed by atoms with E-state index < -0.39 is 29.4 Å². The summed E-state index contributed by atoms with van der Waals surface area (Å²) in [6, 6.07) is 9.47. The number of nitrogens with zero attached hydrogens (tertiary/aromatic N) is 4. The molecule has 0 spiro atoms. The number of piperidine rings is 1. The van der Waals surface area contributed by atoms with Gasteiger partial charge in [0, 0.05) is 6.42 Å². The highest BCUT2D eigenvalue weighted by molar-refractivity contribution is 7.21. The zero-order valence-corrected chi connectivity index (χ0v) is 18.1. The predicted molar refractivity (Wildman–Crippen MR) is 118 cm³/mol. The van der Waals surface area contributed by atoms with Crippen LogP contribution in [0.4, 0.5) is 4.39 Å². The number of aromatic nitrogens is 4. The molecular weight excluding hydrogens is 465 g/mol. The van der Waals surface area contributed by atoms with E-state index in [2.05, 4.69) is 20.4 Å². The molecule has 1 aliphatic rings. The van der Waals surface area contributed by atoms with Gasteiger partial charge in [0.1, 0.15) is 11.6 Å². The average Bonchev–Trinajstić information content (AvgIpc) is 3.52. The SMILES string of the molecule is O=C1CCC(n2c(=O)oc3ccc(Cc4nc(-c5nc6ccccc6s5)no4)c(F)c32)C(=O)N1. The molecule has 1 aliphatic heterocycles. The van der Waals surface area contributed by atoms with Gasteiger partial charge in [-0.15, -0.1) is 11.3 Å². The van der Waals surface area contributed by atoms with E-state index >= 15 is 4.39 Å². The van der Waals surface area contributed by atoms with Crippen LogP contribution in [0.15, 0.2) is 50.1 Å². The van der Waals surface area contributed by atoms with Crippen molar-refractivity contribution >= 4 is 44.5 Å². The lowest BCUT2D eigenvalue weighted by molar-refractivity contribution is -0.135. The molecule has 6 rings (SSSR count). The lowest BCUT2D eigenvalue weighted by atomic mass is 10.0. The highest BCUT2D eigenvalue weighted by Crippen LogP contribution is 2.30. The Bertz CT molecular complexity index is 1630. The van der Waals surface area contributed by atoms with Crippen molar-refractivity contribution < 1.29 is 22.9 Å². The summed E-state index contributed by atoms with van der Waals surface area (Å²) in [5.74, 6) is -2.29. The van der Waals surface area contributed by atoms with Crippen molar-refractivity contribution in [1.82, 2.24) is 25.0 Å². The first-order chi connectivity index (χ1) is 16.5. The highest BCUT2D eigenvalue weighted by Gasteiger charge is 2.32. The van der Waals surface area contributed by atoms with Gasteiger partial charge in [-0.1, -0.05) is 23.4 Å². The number of thiazole rings is 1. The Kier molecular flexibility index (Phi) is 4.62. The summed E-state index contributed by atoms with van der Waals surface area (Å²) in [7, 11) is 0. The molecule has 0 bridgehead atoms. The molecule has 1 saturated heterocycles. The fraction of sp³-hybridized carbons (Fsp3) is 0.182. The molecule has 2 aromatic carbocycles. The highest BCUT2D eigenvalue weighted by atomic mass is 32.1. The number of halogens is 1. The van der Waals surface area contributed by atoms with Crippen LogP contribution in [0.3, 0.4) is 0 Å². The molecule has 0 aliphatic carbocycles. The predicted octanol–water partition coefficient (Wildman–Crippen LogP) is 2.96. The number of hydrogen-bond acceptors (Lipinski definition) is 9. The van der Waals surface area contributed by atoms with Crippen LogP contribution < -0.4 is 11.1 Å². The van der Waals surface area contributed by atoms with Crippen LogP contribution in [-0.2, 0) is 16.0 Å². The van der Waals surface area contributed by atoms with E-state index in [4.69, 9.17) is 8.94 Å². The van der Waals surface area contributed by atoms with Crippen LogP contribution in [0.1, 0.15) is 30.3 Å². The number of para-hydroxylation sites is 1. The summed E-state index contributed by atoms with van der Waals surface area (Å²) in [6.07, 6.45) is 0.0554. The van der Waals surface area contributed by atoms with Gasteiger partial charge in [-0.2, -0.15) is 4.98 Å². The molecule has 0 saturated carbocycles. The van der Waals surface area contributed by atoms with Gasteiger partial charge in [0.05, 0.1) is 16.6 Å². The number of benzene rings is 2. The van der Waals surface area contributed by atoms with Crippen LogP contribution in [0.2, 0.25) is 0 Å². The van der Waals surface area contributed by atoms with Gasteiger partial charge in [-0.05, 0) is 30.2 Å². The van der Waals surface area contributed by atoms with Crippen molar-refractivity contribution in [2.45, 2.75) is 25.3 Å². The maximum absolute atomic E-state index is 15.5. The Labute approximate surface area is 193 Å². The van der Waals surface area contributed by atoms with Crippen molar-refractivity contribution in [3.05, 3.63) is 64.2 Å². The van der Waals surface area contributed by atoms with Crippen molar-refractivity contribution in [3.8, 4) is 10.8 Å². The molecule has 0 radical (unpaired) electrons. The first-order valence-corrected chi connectivity index (χ1v) is 11.1. The smallest absolute Gasteiger partial charge is 0.408 e. The maximum atomic E-state index is 15.5. The van der Waals surface area contributed by atoms with E-state index in [1.54, 1.807) is 0 Å². The van der Waals surface area contributed by atoms with Crippen molar-refractivity contribution in [1.29, 1.82) is 0 Å². The summed E-state index contributed by atoms with van der Waals surface area (Å²) in [6.45, 7) is 0. The molecule has 10 nitrogen and oxygen atoms in total. The number of amides is 2. The van der Waals surface area contributed by atoms with Gasteiger partial charge in [0.15, 0.2) is 16.4 Å². The number of carbonyl (C=O) groups excluding carboxylic acids is 2. The molecule has 170 valence electrons. The number of hydrogen-bond donors (Lipinski definition) is 1. The molecule has 12 heteroatoms. The van der Waals surface area contributed by atoms with Crippen molar-refractivity contribution in [3.63, 3.8) is 0 Å². The van der Waals surface area contributed by atoms with Crippen LogP contribution in [-0.4, -0.2) is 31.5 Å². The first kappa shape index (κ1) is 20.4. The second-order valence-corrected chi connectivity index (χ2v) is 8.80. The van der Waals surface area contributed by atoms with Crippen molar-refractivity contribution in [2.24, 2.45) is 0 Å². The Balaban J connectivity index is 1.35. The topological polar surface area (TPSA) is 133 Å². The fourth-order valence-corrected chi connectivity index (χ4v) is 4.91. The molecule has 4 heterocycles. The summed E-state index contributed by atoms with van der Waals surface area (Å²) < 4.78 is 27.9. The van der Waals surface area contributed by atoms with Crippen LogP contribution >= 0.6 is 11.3 Å². The first-order valence-electron chi connectivity index (χ1n) is 10.3. The molecule has 3 aromatic heterocycles. The van der Waals surface area contributed by atoms with Crippen molar-refractivity contribution in [2.75, 3.05) is 0 Å². The zero-order chi connectivity index (χ0) is 23.4. The number of fused-ring (bicyclic) bond motifs is 2. The molecular formula is C22H14FN5O5S. The molecule has 34 heavy (non-hydrogen) atoms. The van der Waals surface area contributed by atoms with Gasteiger partial charge in [-0.3, -0.25) is 19.5 Å². The third-order valence-electron chi connectivity index (χ3n) is 5.61. The standard InChI is InChI=1S/C22H14FN5O5S/c23-17-10(9-16-26-19(27-33-16)21-24-11-3-1-2-4-14(11)34-21)5-7-13-18(17)28(22(31)32-13)12-6-8-15(29)25-20(12)30/h1-5,7,12H,6,8-9H2,(H,25,29,30). The average molecular weight is 479 g/mol. The van der Waals surface area contributed by atoms with Gasteiger partial charge >= 0.3 is 5.76 Å². The van der Waals surface area contributed by atoms with Crippen LogP contribution in [0.5, 0.6) is 0 Å². The van der Waals surface area contributed by atoms with E-state index in [9.17, 15) is 14.4 Å². The minimum Gasteiger partial charge on any atom is -0.408 e. The van der Waals surface area contributed by atoms with E-state index in [0.717, 1.165) is 14.8 Å². The maximum Gasteiger partial charge on any atom is 0.420 e. The largest absolute Gasteiger partial charge is 0.420 e. The van der Waals surface area contributed by atoms with E-state index in [0.29, 0.717) is 10.8 Å². The summed E-state index contributed by atoms with van der Waals surface area (Å²) in [5.41, 5.74) is 0.838. The lowest BCUT2D eigenvalue weighted by Crippen LogP contribution is -2.43. The summed E-state index contributed by atoms with van der Waals surface area (Å²) in [5, 5.41) is 6.71. The third kappa shape index (κ3) is 3.30. The van der Waals surface area contributed by atoms with Crippen LogP contribution in [0.25, 0.3) is 32.1 Å². The summed E-state index contributed by atoms with van der Waals surface area (Å²) >= 11 is 1.41. The van der Waals surface area contributed by atoms with E-state index in [-0.39, 0.29) is 41.8 Å². The molecule has 2 amide bonds. The van der Waals surface area contributed by atoms with Gasteiger partial charge < -0.3 is 8.94 Å². The second-order valence-electron chi connectivity index (χ2n) is 7.77. The Morgan fingerprint density at radius 3 is 2.82 bits per heavy atom. The number of carbonyl (C=O) groups is 2. The number of imide groups is 1. The lowest BCUT2D eigenvalue weighted by Gasteiger charge is -2.21. The third-order valence-corrected chi connectivity index (χ3v) is 6.64. The Hall–Kier alpha value is -4.19. The number of nitrogens with one attached hydrogen (secondary N) is 1. The van der Waals surface area contributed by atoms with Gasteiger partial charge in [0.2, 0.25) is 23.5 Å². The Morgan fingerprint density at radius 2 is 2.00 bits per heavy atom. The zero-order valence-electron chi connectivity index (χ0n) is 17.3. The van der Waals surface area contributed by atoms with Gasteiger partial charge in [0.25, 0.3) is 0 Å². The fourth-order valence-electron chi connectivity index (χ4n) is 4.02. The molecule has 1 fully saturated rings. The minimum absolute atomic E-state index is 0.00311. The molecule has 5 aromatic rings. The number of rotatable bonds is 4. The minimum atomic E-state index is -1.05. The summed E-state index contributed by atoms with van der Waals surface area (Å²) in [4.78, 5) is 45.0. The normalized spacial score (nSPS) is 16.4. The number of oxazole rings is 1. The van der Waals surface area contributed by atoms with Crippen LogP contribution in [0, 0.1) is 5.82 Å². The molecule has 1 unspecified atom stereocenters. The second kappa shape index (κ2) is 7.70. The van der Waals surface area contributed by atoms with Gasteiger partial charge in [-0.25, -0.2) is 14.2 Å². The Morgan fingerprint density at radius 1 is 1.15 bits per heavy atom. The monoisotopic (exact) mass is 479 g/mol.